The third-order valence-electron chi connectivity index (χ3n) is 2.14. The first kappa shape index (κ1) is 7.54. The van der Waals surface area contributed by atoms with Gasteiger partial charge in [0.1, 0.15) is 0 Å². The van der Waals surface area contributed by atoms with Crippen molar-refractivity contribution in [2.45, 2.75) is 31.7 Å². The molecule has 0 aliphatic heterocycles. The number of nitrogens with one attached hydrogen (secondary N) is 1. The van der Waals surface area contributed by atoms with Crippen LogP contribution in [0.2, 0.25) is 0 Å². The van der Waals surface area contributed by atoms with Crippen molar-refractivity contribution in [1.29, 1.82) is 0 Å². The van der Waals surface area contributed by atoms with Crippen LogP contribution in [0, 0.1) is 5.92 Å². The maximum Gasteiger partial charge on any atom is 0.241 e. The molecule has 0 atom stereocenters. The Bertz CT molecular complexity index is 128. The fourth-order valence-corrected chi connectivity index (χ4v) is 1.38. The van der Waals surface area contributed by atoms with Crippen LogP contribution in [-0.4, -0.2) is 11.9 Å². The Morgan fingerprint density at radius 1 is 1.30 bits per heavy atom. The summed E-state index contributed by atoms with van der Waals surface area (Å²) in [5, 5.41) is 0. The summed E-state index contributed by atoms with van der Waals surface area (Å²) in [4.78, 5) is 10.5. The molecule has 0 saturated heterocycles. The maximum atomic E-state index is 10.5. The number of hydrogen-bond acceptors (Lipinski definition) is 2. The molecule has 0 unspecified atom stereocenters. The van der Waals surface area contributed by atoms with Gasteiger partial charge in [-0.1, -0.05) is 0 Å². The van der Waals surface area contributed by atoms with E-state index in [1.165, 1.54) is 0 Å². The average molecular weight is 141 g/mol. The van der Waals surface area contributed by atoms with Gasteiger partial charge >= 0.3 is 0 Å². The van der Waals surface area contributed by atoms with Crippen LogP contribution < -0.4 is 11.5 Å². The third-order valence-corrected chi connectivity index (χ3v) is 2.14. The van der Waals surface area contributed by atoms with Crippen LogP contribution in [0.15, 0.2) is 0 Å². The molecule has 10 heavy (non-hydrogen) atoms. The Morgan fingerprint density at radius 2 is 1.80 bits per heavy atom. The summed E-state index contributed by atoms with van der Waals surface area (Å²) >= 11 is 0. The van der Waals surface area contributed by atoms with Gasteiger partial charge in [-0.2, -0.15) is 0 Å². The van der Waals surface area contributed by atoms with Crippen LogP contribution >= 0.6 is 0 Å². The molecular formula is C7H13N2O. The highest BCUT2D eigenvalue weighted by molar-refractivity contribution is 5.75. The van der Waals surface area contributed by atoms with E-state index >= 15 is 0 Å². The lowest BCUT2D eigenvalue weighted by atomic mass is 9.86. The highest BCUT2D eigenvalue weighted by Gasteiger charge is 2.22. The average Bonchev–Trinajstić information content (AvgIpc) is 1.88. The molecule has 1 rings (SSSR count). The minimum absolute atomic E-state index is 0.0141. The van der Waals surface area contributed by atoms with Crippen LogP contribution in [0.1, 0.15) is 25.7 Å². The highest BCUT2D eigenvalue weighted by Crippen LogP contribution is 2.22. The summed E-state index contributed by atoms with van der Waals surface area (Å²) in [6.45, 7) is 0. The first-order valence-electron chi connectivity index (χ1n) is 3.71. The van der Waals surface area contributed by atoms with E-state index in [2.05, 4.69) is 0 Å². The zero-order valence-corrected chi connectivity index (χ0v) is 5.97. The van der Waals surface area contributed by atoms with Crippen molar-refractivity contribution in [2.24, 2.45) is 11.7 Å². The van der Waals surface area contributed by atoms with Gasteiger partial charge in [0.05, 0.1) is 0 Å². The second-order valence-electron chi connectivity index (χ2n) is 2.98. The monoisotopic (exact) mass is 141 g/mol. The molecule has 1 amide bonds. The molecule has 1 aliphatic carbocycles. The van der Waals surface area contributed by atoms with Gasteiger partial charge in [-0.05, 0) is 25.7 Å². The standard InChI is InChI=1S/C7H13N2O/c8-6-3-1-5(2-4-6)7(9)10/h5-6,9H,1-4,8H2/t5-,6+. The van der Waals surface area contributed by atoms with E-state index in [9.17, 15) is 4.79 Å². The fourth-order valence-electron chi connectivity index (χ4n) is 1.38. The number of carbonyl (C=O) groups excluding carboxylic acids is 1. The van der Waals surface area contributed by atoms with E-state index < -0.39 is 5.91 Å². The molecule has 1 fully saturated rings. The van der Waals surface area contributed by atoms with Crippen LogP contribution in [0.3, 0.4) is 0 Å². The molecule has 0 bridgehead atoms. The fraction of sp³-hybridized carbons (Fsp3) is 0.857. The van der Waals surface area contributed by atoms with E-state index in [1.807, 2.05) is 0 Å². The minimum Gasteiger partial charge on any atom is -0.328 e. The molecule has 1 aliphatic rings. The van der Waals surface area contributed by atoms with E-state index in [1.54, 1.807) is 0 Å². The molecule has 0 aromatic rings. The summed E-state index contributed by atoms with van der Waals surface area (Å²) in [7, 11) is 0. The van der Waals surface area contributed by atoms with Gasteiger partial charge in [0.2, 0.25) is 5.91 Å². The van der Waals surface area contributed by atoms with Gasteiger partial charge in [-0.15, -0.1) is 0 Å². The number of hydrogen-bond donors (Lipinski definition) is 1. The molecule has 3 N–H and O–H groups in total. The van der Waals surface area contributed by atoms with Crippen molar-refractivity contribution in [3.8, 4) is 0 Å². The summed E-state index contributed by atoms with van der Waals surface area (Å²) in [5.74, 6) is -0.424. The third kappa shape index (κ3) is 1.70. The van der Waals surface area contributed by atoms with Crippen molar-refractivity contribution in [3.05, 3.63) is 0 Å². The molecule has 0 aromatic heterocycles. The number of carbonyl (C=O) groups is 1. The van der Waals surface area contributed by atoms with Crippen molar-refractivity contribution in [3.63, 3.8) is 0 Å². The quantitative estimate of drug-likeness (QED) is 0.571. The van der Waals surface area contributed by atoms with Gasteiger partial charge in [0, 0.05) is 12.0 Å². The predicted molar refractivity (Wildman–Crippen MR) is 38.0 cm³/mol. The second kappa shape index (κ2) is 3.01. The predicted octanol–water partition coefficient (Wildman–Crippen LogP) is 0.313. The molecule has 0 aromatic carbocycles. The number of rotatable bonds is 1. The summed E-state index contributed by atoms with van der Waals surface area (Å²) in [5.41, 5.74) is 12.5. The van der Waals surface area contributed by atoms with Crippen LogP contribution in [0.4, 0.5) is 0 Å². The first-order chi connectivity index (χ1) is 4.70. The lowest BCUT2D eigenvalue weighted by Crippen LogP contribution is -2.30. The van der Waals surface area contributed by atoms with Crippen LogP contribution in [0.5, 0.6) is 0 Å². The Morgan fingerprint density at radius 3 is 2.20 bits per heavy atom. The minimum atomic E-state index is -0.410. The van der Waals surface area contributed by atoms with Crippen LogP contribution in [-0.2, 0) is 4.79 Å². The largest absolute Gasteiger partial charge is 0.328 e. The van der Waals surface area contributed by atoms with Crippen molar-refractivity contribution in [1.82, 2.24) is 5.73 Å². The van der Waals surface area contributed by atoms with Crippen molar-refractivity contribution in [2.75, 3.05) is 0 Å². The summed E-state index contributed by atoms with van der Waals surface area (Å²) in [6.07, 6.45) is 3.47. The van der Waals surface area contributed by atoms with Crippen molar-refractivity contribution >= 4 is 5.91 Å². The van der Waals surface area contributed by atoms with E-state index in [0.717, 1.165) is 25.7 Å². The Labute approximate surface area is 60.8 Å². The highest BCUT2D eigenvalue weighted by atomic mass is 16.1. The van der Waals surface area contributed by atoms with Crippen LogP contribution in [0.25, 0.3) is 0 Å². The SMILES string of the molecule is [NH]C(=O)[C@H]1CC[C@@H](N)CC1. The second-order valence-corrected chi connectivity index (χ2v) is 2.98. The van der Waals surface area contributed by atoms with Gasteiger partial charge in [0.15, 0.2) is 0 Å². The molecule has 3 nitrogen and oxygen atoms in total. The zero-order chi connectivity index (χ0) is 7.56. The Balaban J connectivity index is 2.33. The van der Waals surface area contributed by atoms with Crippen molar-refractivity contribution < 1.29 is 4.79 Å². The lowest BCUT2D eigenvalue weighted by molar-refractivity contribution is -0.123. The normalized spacial score (nSPS) is 33.7. The summed E-state index contributed by atoms with van der Waals surface area (Å²) < 4.78 is 0. The molecule has 1 radical (unpaired) electrons. The van der Waals surface area contributed by atoms with E-state index in [-0.39, 0.29) is 12.0 Å². The topological polar surface area (TPSA) is 66.9 Å². The van der Waals surface area contributed by atoms with Gasteiger partial charge in [0.25, 0.3) is 0 Å². The Hall–Kier alpha value is -0.570. The molecule has 3 heteroatoms. The summed E-state index contributed by atoms with van der Waals surface area (Å²) in [6, 6.07) is 0.274. The maximum absolute atomic E-state index is 10.5. The molecular weight excluding hydrogens is 128 g/mol. The van der Waals surface area contributed by atoms with Gasteiger partial charge in [-0.3, -0.25) is 10.5 Å². The molecule has 0 spiro atoms. The van der Waals surface area contributed by atoms with Gasteiger partial charge in [-0.25, -0.2) is 0 Å². The van der Waals surface area contributed by atoms with E-state index in [4.69, 9.17) is 11.5 Å². The zero-order valence-electron chi connectivity index (χ0n) is 5.97. The first-order valence-corrected chi connectivity index (χ1v) is 3.71. The van der Waals surface area contributed by atoms with E-state index in [0.29, 0.717) is 0 Å². The molecule has 0 heterocycles. The van der Waals surface area contributed by atoms with Gasteiger partial charge < -0.3 is 5.73 Å². The molecule has 1 saturated carbocycles. The smallest absolute Gasteiger partial charge is 0.241 e. The molecule has 57 valence electrons. The Kier molecular flexibility index (Phi) is 2.27. The number of nitrogens with two attached hydrogens (primary N) is 1. The lowest BCUT2D eigenvalue weighted by Gasteiger charge is -2.22. The number of amides is 1.